The molecule has 7 heteroatoms. The van der Waals surface area contributed by atoms with Crippen LogP contribution in [-0.2, 0) is 9.84 Å². The molecule has 4 heterocycles. The van der Waals surface area contributed by atoms with E-state index in [9.17, 15) is 8.42 Å². The van der Waals surface area contributed by atoms with Gasteiger partial charge in [-0.25, -0.2) is 8.42 Å². The summed E-state index contributed by atoms with van der Waals surface area (Å²) in [6, 6.07) is 8.19. The van der Waals surface area contributed by atoms with Gasteiger partial charge in [-0.1, -0.05) is 6.07 Å². The number of thiophene rings is 1. The summed E-state index contributed by atoms with van der Waals surface area (Å²) >= 11 is 1.87. The van der Waals surface area contributed by atoms with E-state index in [0.717, 1.165) is 31.6 Å². The number of pyridine rings is 1. The van der Waals surface area contributed by atoms with E-state index < -0.39 is 9.84 Å². The Hall–Kier alpha value is -1.70. The lowest BCUT2D eigenvalue weighted by molar-refractivity contribution is 0.224. The number of hydrogen-bond donors (Lipinski definition) is 1. The van der Waals surface area contributed by atoms with Crippen LogP contribution in [0.3, 0.4) is 0 Å². The molecule has 1 fully saturated rings. The van der Waals surface area contributed by atoms with Crippen molar-refractivity contribution in [1.29, 1.82) is 0 Å². The highest BCUT2D eigenvalue weighted by Crippen LogP contribution is 2.44. The number of aromatic amines is 1. The molecule has 0 saturated carbocycles. The second kappa shape index (κ2) is 7.13. The molecule has 0 amide bonds. The first-order valence-electron chi connectivity index (χ1n) is 8.92. The zero-order valence-electron chi connectivity index (χ0n) is 14.8. The third-order valence-corrected chi connectivity index (χ3v) is 7.32. The molecule has 138 valence electrons. The Morgan fingerprint density at radius 3 is 2.77 bits per heavy atom. The summed E-state index contributed by atoms with van der Waals surface area (Å²) in [5.41, 5.74) is 3.45. The summed E-state index contributed by atoms with van der Waals surface area (Å²) in [5, 5.41) is 0. The molecule has 3 aromatic rings. The molecule has 1 saturated heterocycles. The van der Waals surface area contributed by atoms with Crippen LogP contribution in [-0.4, -0.2) is 54.9 Å². The minimum atomic E-state index is -2.89. The summed E-state index contributed by atoms with van der Waals surface area (Å²) in [7, 11) is -2.89. The molecule has 1 aliphatic heterocycles. The van der Waals surface area contributed by atoms with Crippen LogP contribution in [0.25, 0.3) is 21.5 Å². The number of rotatable bonds is 5. The lowest BCUT2D eigenvalue weighted by atomic mass is 9.92. The number of sulfone groups is 1. The third kappa shape index (κ3) is 3.70. The lowest BCUT2D eigenvalue weighted by Gasteiger charge is -2.31. The quantitative estimate of drug-likeness (QED) is 0.725. The Morgan fingerprint density at radius 1 is 1.27 bits per heavy atom. The number of nitrogens with zero attached hydrogens (tertiary/aromatic N) is 2. The fraction of sp³-hybridized carbons (Fsp3) is 0.421. The first kappa shape index (κ1) is 17.7. The van der Waals surface area contributed by atoms with E-state index in [-0.39, 0.29) is 5.75 Å². The minimum absolute atomic E-state index is 0.249. The Kier molecular flexibility index (Phi) is 4.86. The highest BCUT2D eigenvalue weighted by atomic mass is 32.2. The second-order valence-corrected chi connectivity index (χ2v) is 10.4. The Balaban J connectivity index is 1.56. The summed E-state index contributed by atoms with van der Waals surface area (Å²) in [6.45, 7) is 2.55. The van der Waals surface area contributed by atoms with Crippen molar-refractivity contribution < 1.29 is 8.42 Å². The predicted octanol–water partition coefficient (Wildman–Crippen LogP) is 3.52. The summed E-state index contributed by atoms with van der Waals surface area (Å²) in [6.07, 6.45) is 7.27. The van der Waals surface area contributed by atoms with Gasteiger partial charge in [-0.05, 0) is 50.0 Å². The van der Waals surface area contributed by atoms with Crippen molar-refractivity contribution in [2.24, 2.45) is 0 Å². The Morgan fingerprint density at radius 2 is 2.08 bits per heavy atom. The number of piperidine rings is 1. The van der Waals surface area contributed by atoms with Crippen LogP contribution in [0.2, 0.25) is 0 Å². The second-order valence-electron chi connectivity index (χ2n) is 7.02. The van der Waals surface area contributed by atoms with Gasteiger partial charge in [0.1, 0.15) is 9.84 Å². The molecule has 0 radical (unpaired) electrons. The molecule has 4 rings (SSSR count). The van der Waals surface area contributed by atoms with Gasteiger partial charge in [-0.15, -0.1) is 11.3 Å². The van der Waals surface area contributed by atoms with Gasteiger partial charge < -0.3 is 9.88 Å². The molecular formula is C19H23N3O2S2. The molecule has 0 bridgehead atoms. The van der Waals surface area contributed by atoms with E-state index in [2.05, 4.69) is 27.0 Å². The molecule has 5 nitrogen and oxygen atoms in total. The molecule has 0 unspecified atom stereocenters. The maximum Gasteiger partial charge on any atom is 0.148 e. The molecule has 1 N–H and O–H groups in total. The van der Waals surface area contributed by atoms with Gasteiger partial charge in [-0.3, -0.25) is 4.98 Å². The molecule has 0 aliphatic carbocycles. The Bertz CT molecular complexity index is 984. The fourth-order valence-corrected chi connectivity index (χ4v) is 5.63. The Labute approximate surface area is 158 Å². The van der Waals surface area contributed by atoms with Crippen LogP contribution in [0.5, 0.6) is 0 Å². The van der Waals surface area contributed by atoms with Gasteiger partial charge in [0.2, 0.25) is 0 Å². The van der Waals surface area contributed by atoms with Crippen molar-refractivity contribution >= 4 is 31.4 Å². The number of H-pyrrole nitrogens is 1. The van der Waals surface area contributed by atoms with Gasteiger partial charge in [-0.2, -0.15) is 0 Å². The smallest absolute Gasteiger partial charge is 0.148 e. The van der Waals surface area contributed by atoms with Crippen molar-refractivity contribution in [1.82, 2.24) is 14.9 Å². The van der Waals surface area contributed by atoms with Crippen LogP contribution in [0.4, 0.5) is 0 Å². The van der Waals surface area contributed by atoms with E-state index in [0.29, 0.717) is 12.5 Å². The summed E-state index contributed by atoms with van der Waals surface area (Å²) < 4.78 is 24.1. The molecule has 0 aromatic carbocycles. The molecule has 3 aromatic heterocycles. The average Bonchev–Trinajstić information content (AvgIpc) is 3.21. The molecule has 26 heavy (non-hydrogen) atoms. The maximum absolute atomic E-state index is 11.4. The van der Waals surface area contributed by atoms with Gasteiger partial charge in [0.05, 0.1) is 21.7 Å². The first-order chi connectivity index (χ1) is 12.5. The van der Waals surface area contributed by atoms with Gasteiger partial charge >= 0.3 is 0 Å². The third-order valence-electron chi connectivity index (χ3n) is 5.08. The number of hydrogen-bond acceptors (Lipinski definition) is 5. The number of aromatic nitrogens is 2. The van der Waals surface area contributed by atoms with Crippen molar-refractivity contribution in [2.75, 3.05) is 31.6 Å². The van der Waals surface area contributed by atoms with Crippen molar-refractivity contribution in [3.8, 4) is 11.3 Å². The predicted molar refractivity (Wildman–Crippen MR) is 108 cm³/mol. The molecule has 0 spiro atoms. The number of nitrogens with one attached hydrogen (secondary N) is 1. The van der Waals surface area contributed by atoms with E-state index in [1.54, 1.807) is 0 Å². The monoisotopic (exact) mass is 389 g/mol. The highest BCUT2D eigenvalue weighted by molar-refractivity contribution is 7.90. The van der Waals surface area contributed by atoms with E-state index in [4.69, 9.17) is 0 Å². The highest BCUT2D eigenvalue weighted by Gasteiger charge is 2.27. The van der Waals surface area contributed by atoms with Crippen LogP contribution in [0.15, 0.2) is 36.7 Å². The van der Waals surface area contributed by atoms with Crippen molar-refractivity contribution in [3.05, 3.63) is 41.5 Å². The number of fused-ring (bicyclic) bond motifs is 1. The van der Waals surface area contributed by atoms with Crippen LogP contribution in [0.1, 0.15) is 23.6 Å². The van der Waals surface area contributed by atoms with Gasteiger partial charge in [0, 0.05) is 35.6 Å². The molecule has 1 aliphatic rings. The normalized spacial score (nSPS) is 17.1. The maximum atomic E-state index is 11.4. The average molecular weight is 390 g/mol. The summed E-state index contributed by atoms with van der Waals surface area (Å²) in [4.78, 5) is 11.7. The topological polar surface area (TPSA) is 66.1 Å². The summed E-state index contributed by atoms with van der Waals surface area (Å²) in [5.74, 6) is 0.756. The minimum Gasteiger partial charge on any atom is -0.360 e. The molecule has 0 atom stereocenters. The van der Waals surface area contributed by atoms with Crippen LogP contribution >= 0.6 is 11.3 Å². The van der Waals surface area contributed by atoms with E-state index >= 15 is 0 Å². The van der Waals surface area contributed by atoms with Crippen molar-refractivity contribution in [2.45, 2.75) is 18.8 Å². The van der Waals surface area contributed by atoms with Crippen LogP contribution < -0.4 is 0 Å². The van der Waals surface area contributed by atoms with Gasteiger partial charge in [0.15, 0.2) is 0 Å². The zero-order chi connectivity index (χ0) is 18.1. The number of likely N-dealkylation sites (tertiary alicyclic amines) is 1. The first-order valence-corrected chi connectivity index (χ1v) is 11.8. The van der Waals surface area contributed by atoms with Crippen LogP contribution in [0, 0.1) is 0 Å². The largest absolute Gasteiger partial charge is 0.360 e. The zero-order valence-corrected chi connectivity index (χ0v) is 16.4. The van der Waals surface area contributed by atoms with E-state index in [1.165, 1.54) is 26.9 Å². The standard InChI is InChI=1S/C19H23N3O2S2/c1-26(23,24)13-12-22-10-6-14(7-11-22)19-17(15-4-2-3-8-20-15)18-16(25-19)5-9-21-18/h2-5,8-9,14,21H,6-7,10-13H2,1H3. The fourth-order valence-electron chi connectivity index (χ4n) is 3.69. The van der Waals surface area contributed by atoms with Gasteiger partial charge in [0.25, 0.3) is 0 Å². The lowest BCUT2D eigenvalue weighted by Crippen LogP contribution is -2.36. The molecular weight excluding hydrogens is 366 g/mol. The van der Waals surface area contributed by atoms with E-state index in [1.807, 2.05) is 35.9 Å². The van der Waals surface area contributed by atoms with Crippen molar-refractivity contribution in [3.63, 3.8) is 0 Å². The SMILES string of the molecule is CS(=O)(=O)CCN1CCC(c2sc3cc[nH]c3c2-c2ccccn2)CC1.